The first-order valence-corrected chi connectivity index (χ1v) is 18.8. The van der Waals surface area contributed by atoms with Crippen LogP contribution in [0.4, 0.5) is 0 Å². The molecule has 6 aromatic carbocycles. The van der Waals surface area contributed by atoms with Crippen LogP contribution in [0.1, 0.15) is 0 Å². The molecular weight excluding hydrogens is 683 g/mol. The second-order valence-electron chi connectivity index (χ2n) is 14.2. The van der Waals surface area contributed by atoms with E-state index in [1.54, 1.807) is 0 Å². The summed E-state index contributed by atoms with van der Waals surface area (Å²) < 4.78 is 4.72. The van der Waals surface area contributed by atoms with Crippen molar-refractivity contribution >= 4 is 43.6 Å². The summed E-state index contributed by atoms with van der Waals surface area (Å²) in [6.07, 6.45) is 7.71. The summed E-state index contributed by atoms with van der Waals surface area (Å²) in [6, 6.07) is 62.5. The van der Waals surface area contributed by atoms with Crippen LogP contribution in [0.2, 0.25) is 0 Å². The Kier molecular flexibility index (Phi) is 7.42. The Balaban J connectivity index is 1.11. The molecule has 262 valence electrons. The van der Waals surface area contributed by atoms with Crippen molar-refractivity contribution < 1.29 is 0 Å². The van der Waals surface area contributed by atoms with Crippen molar-refractivity contribution in [3.63, 3.8) is 0 Å². The van der Waals surface area contributed by atoms with Gasteiger partial charge < -0.3 is 9.13 Å². The van der Waals surface area contributed by atoms with Crippen LogP contribution in [0, 0.1) is 0 Å². The highest BCUT2D eigenvalue weighted by atomic mass is 15.0. The summed E-state index contributed by atoms with van der Waals surface area (Å²) in [6.45, 7) is 0. The Morgan fingerprint density at radius 2 is 0.768 bits per heavy atom. The Morgan fingerprint density at radius 1 is 0.304 bits per heavy atom. The fraction of sp³-hybridized carbons (Fsp3) is 0. The zero-order valence-electron chi connectivity index (χ0n) is 30.3. The van der Waals surface area contributed by atoms with Crippen molar-refractivity contribution in [3.05, 3.63) is 201 Å². The van der Waals surface area contributed by atoms with E-state index in [4.69, 9.17) is 4.98 Å². The Morgan fingerprint density at radius 3 is 1.39 bits per heavy atom. The highest BCUT2D eigenvalue weighted by Crippen LogP contribution is 2.38. The van der Waals surface area contributed by atoms with Crippen LogP contribution in [0.3, 0.4) is 0 Å². The molecule has 0 fully saturated rings. The van der Waals surface area contributed by atoms with Gasteiger partial charge in [-0.15, -0.1) is 0 Å². The maximum absolute atomic E-state index is 5.11. The minimum absolute atomic E-state index is 0.949. The summed E-state index contributed by atoms with van der Waals surface area (Å²) in [7, 11) is 0. The Hall–Kier alpha value is -7.63. The number of hydrogen-bond donors (Lipinski definition) is 0. The van der Waals surface area contributed by atoms with Gasteiger partial charge in [-0.1, -0.05) is 121 Å². The topological polar surface area (TPSA) is 48.5 Å². The van der Waals surface area contributed by atoms with Gasteiger partial charge in [0, 0.05) is 62.6 Å². The average molecular weight is 716 g/mol. The molecule has 0 spiro atoms. The smallest absolute Gasteiger partial charge is 0.0724 e. The zero-order chi connectivity index (χ0) is 37.0. The molecule has 0 unspecified atom stereocenters. The van der Waals surface area contributed by atoms with Crippen molar-refractivity contribution in [2.45, 2.75) is 0 Å². The molecule has 0 aliphatic rings. The number of pyridine rings is 3. The van der Waals surface area contributed by atoms with Crippen LogP contribution < -0.4 is 0 Å². The molecule has 0 saturated carbocycles. The first-order chi connectivity index (χ1) is 27.8. The highest BCUT2D eigenvalue weighted by Gasteiger charge is 2.18. The SMILES string of the molecule is c1ccc(-c2cc(-c3ccc(-c4cc(-n5c6ccccc6c6cnccc65)cc(-n5c6ccccc6c6ccncc65)c4)cc3)cc(-c3ccccc3)n2)cc1. The third-order valence-corrected chi connectivity index (χ3v) is 10.9. The van der Waals surface area contributed by atoms with Crippen molar-refractivity contribution in [2.75, 3.05) is 0 Å². The van der Waals surface area contributed by atoms with Gasteiger partial charge in [-0.3, -0.25) is 9.97 Å². The van der Waals surface area contributed by atoms with E-state index in [-0.39, 0.29) is 0 Å². The van der Waals surface area contributed by atoms with Gasteiger partial charge in [-0.05, 0) is 76.9 Å². The summed E-state index contributed by atoms with van der Waals surface area (Å²) in [4.78, 5) is 14.2. The van der Waals surface area contributed by atoms with E-state index in [9.17, 15) is 0 Å². The van der Waals surface area contributed by atoms with E-state index in [0.29, 0.717) is 0 Å². The molecule has 0 aliphatic heterocycles. The van der Waals surface area contributed by atoms with E-state index < -0.39 is 0 Å². The van der Waals surface area contributed by atoms with Gasteiger partial charge >= 0.3 is 0 Å². The van der Waals surface area contributed by atoms with Crippen molar-refractivity contribution in [3.8, 4) is 56.1 Å². The van der Waals surface area contributed by atoms with E-state index in [2.05, 4.69) is 183 Å². The van der Waals surface area contributed by atoms with E-state index >= 15 is 0 Å². The van der Waals surface area contributed by atoms with Crippen LogP contribution in [0.25, 0.3) is 99.8 Å². The van der Waals surface area contributed by atoms with Gasteiger partial charge in [-0.25, -0.2) is 4.98 Å². The minimum atomic E-state index is 0.949. The van der Waals surface area contributed by atoms with Crippen molar-refractivity contribution in [1.29, 1.82) is 0 Å². The summed E-state index contributed by atoms with van der Waals surface area (Å²) in [5, 5.41) is 4.68. The average Bonchev–Trinajstić information content (AvgIpc) is 3.80. The first-order valence-electron chi connectivity index (χ1n) is 18.8. The number of benzene rings is 6. The predicted molar refractivity (Wildman–Crippen MR) is 230 cm³/mol. The molecular formula is C51H33N5. The highest BCUT2D eigenvalue weighted by molar-refractivity contribution is 6.10. The largest absolute Gasteiger partial charge is 0.309 e. The molecule has 5 aromatic heterocycles. The number of hydrogen-bond acceptors (Lipinski definition) is 3. The van der Waals surface area contributed by atoms with Crippen LogP contribution in [0.5, 0.6) is 0 Å². The normalized spacial score (nSPS) is 11.6. The molecule has 0 atom stereocenters. The molecule has 0 bridgehead atoms. The zero-order valence-corrected chi connectivity index (χ0v) is 30.3. The van der Waals surface area contributed by atoms with Crippen LogP contribution in [-0.4, -0.2) is 24.1 Å². The molecule has 11 rings (SSSR count). The molecule has 5 nitrogen and oxygen atoms in total. The van der Waals surface area contributed by atoms with Gasteiger partial charge in [0.15, 0.2) is 0 Å². The van der Waals surface area contributed by atoms with E-state index in [1.807, 2.05) is 36.9 Å². The number of rotatable bonds is 6. The monoisotopic (exact) mass is 715 g/mol. The lowest BCUT2D eigenvalue weighted by atomic mass is 9.97. The predicted octanol–water partition coefficient (Wildman–Crippen LogP) is 12.7. The molecule has 0 amide bonds. The lowest BCUT2D eigenvalue weighted by molar-refractivity contribution is 1.13. The molecule has 5 heterocycles. The number of para-hydroxylation sites is 2. The first kappa shape index (κ1) is 31.9. The summed E-state index contributed by atoms with van der Waals surface area (Å²) >= 11 is 0. The maximum atomic E-state index is 5.11. The van der Waals surface area contributed by atoms with E-state index in [0.717, 1.165) is 83.6 Å². The molecule has 56 heavy (non-hydrogen) atoms. The fourth-order valence-corrected chi connectivity index (χ4v) is 8.28. The van der Waals surface area contributed by atoms with Gasteiger partial charge in [0.2, 0.25) is 0 Å². The third kappa shape index (κ3) is 5.29. The molecule has 0 radical (unpaired) electrons. The van der Waals surface area contributed by atoms with Gasteiger partial charge in [0.05, 0.1) is 39.7 Å². The summed E-state index contributed by atoms with van der Waals surface area (Å²) in [5.74, 6) is 0. The molecule has 0 saturated heterocycles. The van der Waals surface area contributed by atoms with Crippen LogP contribution in [-0.2, 0) is 0 Å². The number of nitrogens with zero attached hydrogens (tertiary/aromatic N) is 5. The fourth-order valence-electron chi connectivity index (χ4n) is 8.28. The second-order valence-corrected chi connectivity index (χ2v) is 14.2. The van der Waals surface area contributed by atoms with Crippen LogP contribution >= 0.6 is 0 Å². The minimum Gasteiger partial charge on any atom is -0.309 e. The molecule has 5 heteroatoms. The van der Waals surface area contributed by atoms with Crippen LogP contribution in [0.15, 0.2) is 201 Å². The number of aromatic nitrogens is 5. The Labute approximate surface area is 323 Å². The van der Waals surface area contributed by atoms with Gasteiger partial charge in [0.1, 0.15) is 0 Å². The van der Waals surface area contributed by atoms with Gasteiger partial charge in [-0.2, -0.15) is 0 Å². The third-order valence-electron chi connectivity index (χ3n) is 10.9. The Bertz CT molecular complexity index is 2940. The molecule has 11 aromatic rings. The lowest BCUT2D eigenvalue weighted by Crippen LogP contribution is -2.00. The number of fused-ring (bicyclic) bond motifs is 6. The molecule has 0 N–H and O–H groups in total. The lowest BCUT2D eigenvalue weighted by Gasteiger charge is -2.16. The summed E-state index contributed by atoms with van der Waals surface area (Å²) in [5.41, 5.74) is 15.2. The van der Waals surface area contributed by atoms with Gasteiger partial charge in [0.25, 0.3) is 0 Å². The second kappa shape index (κ2) is 13.0. The van der Waals surface area contributed by atoms with Crippen molar-refractivity contribution in [2.24, 2.45) is 0 Å². The quantitative estimate of drug-likeness (QED) is 0.172. The molecule has 0 aliphatic carbocycles. The van der Waals surface area contributed by atoms with E-state index in [1.165, 1.54) is 16.2 Å². The van der Waals surface area contributed by atoms with Crippen molar-refractivity contribution in [1.82, 2.24) is 24.1 Å². The maximum Gasteiger partial charge on any atom is 0.0724 e. The standard InChI is InChI=1S/C51H33N5/c1-3-11-36(12-4-1)46-29-39(30-47(54-46)37-13-5-2-6-14-37)35-21-19-34(20-22-35)38-27-40(55-49-18-10-8-16-43(49)45-32-52-26-24-50(45)55)31-41(28-38)56-48-17-9-7-15-42(48)44-23-25-53-33-51(44)56/h1-33H.